The maximum atomic E-state index is 13.3. The fourth-order valence-electron chi connectivity index (χ4n) is 1.89. The lowest BCUT2D eigenvalue weighted by molar-refractivity contribution is 0.625. The van der Waals surface area contributed by atoms with Crippen LogP contribution in [0.5, 0.6) is 0 Å². The molecule has 0 unspecified atom stereocenters. The van der Waals surface area contributed by atoms with Gasteiger partial charge < -0.3 is 10.6 Å². The van der Waals surface area contributed by atoms with E-state index in [9.17, 15) is 4.39 Å². The Morgan fingerprint density at radius 1 is 1.42 bits per heavy atom. The van der Waals surface area contributed by atoms with Crippen LogP contribution in [-0.4, -0.2) is 12.0 Å². The van der Waals surface area contributed by atoms with Crippen molar-refractivity contribution in [2.75, 3.05) is 17.7 Å². The topological polar surface area (TPSA) is 65.9 Å². The molecule has 0 radical (unpaired) electrons. The molecule has 0 amide bonds. The lowest BCUT2D eigenvalue weighted by atomic mass is 10.1. The average Bonchev–Trinajstić information content (AvgIpc) is 2.39. The minimum Gasteiger partial charge on any atom is -0.396 e. The van der Waals surface area contributed by atoms with Crippen molar-refractivity contribution in [1.29, 1.82) is 5.26 Å². The molecule has 1 aromatic carbocycles. The Labute approximate surface area is 110 Å². The van der Waals surface area contributed by atoms with Gasteiger partial charge in [0, 0.05) is 19.8 Å². The minimum atomic E-state index is -0.356. The largest absolute Gasteiger partial charge is 0.396 e. The Kier molecular flexibility index (Phi) is 3.62. The lowest BCUT2D eigenvalue weighted by Crippen LogP contribution is -2.18. The van der Waals surface area contributed by atoms with Crippen LogP contribution in [0.4, 0.5) is 15.8 Å². The summed E-state index contributed by atoms with van der Waals surface area (Å²) in [7, 11) is 1.83. The van der Waals surface area contributed by atoms with E-state index in [0.29, 0.717) is 23.4 Å². The molecule has 2 aromatic rings. The molecule has 0 aliphatic rings. The Hall–Kier alpha value is -2.61. The molecule has 0 aliphatic heterocycles. The number of benzene rings is 1. The third kappa shape index (κ3) is 2.80. The summed E-state index contributed by atoms with van der Waals surface area (Å²) in [6.45, 7) is 0.398. The van der Waals surface area contributed by atoms with Gasteiger partial charge in [0.25, 0.3) is 0 Å². The van der Waals surface area contributed by atoms with Crippen molar-refractivity contribution in [3.63, 3.8) is 0 Å². The normalized spacial score (nSPS) is 9.95. The van der Waals surface area contributed by atoms with Gasteiger partial charge in [-0.15, -0.1) is 0 Å². The number of nitrogens with zero attached hydrogens (tertiary/aromatic N) is 3. The molecule has 2 N–H and O–H groups in total. The number of nitrogens with two attached hydrogens (primary N) is 1. The number of halogens is 1. The van der Waals surface area contributed by atoms with E-state index in [0.717, 1.165) is 5.69 Å². The molecule has 0 spiro atoms. The quantitative estimate of drug-likeness (QED) is 0.915. The maximum Gasteiger partial charge on any atom is 0.123 e. The number of hydrogen-bond acceptors (Lipinski definition) is 4. The zero-order chi connectivity index (χ0) is 13.8. The molecule has 0 bridgehead atoms. The molecule has 0 fully saturated rings. The van der Waals surface area contributed by atoms with Crippen LogP contribution >= 0.6 is 0 Å². The monoisotopic (exact) mass is 256 g/mol. The first-order valence-corrected chi connectivity index (χ1v) is 5.71. The molecule has 4 nitrogen and oxygen atoms in total. The smallest absolute Gasteiger partial charge is 0.123 e. The highest BCUT2D eigenvalue weighted by molar-refractivity contribution is 5.65. The van der Waals surface area contributed by atoms with Crippen LogP contribution in [0.1, 0.15) is 11.1 Å². The molecule has 0 aliphatic carbocycles. The van der Waals surface area contributed by atoms with Crippen LogP contribution in [-0.2, 0) is 6.54 Å². The van der Waals surface area contributed by atoms with Gasteiger partial charge >= 0.3 is 0 Å². The molecule has 1 aromatic heterocycles. The first-order chi connectivity index (χ1) is 9.11. The number of hydrogen-bond donors (Lipinski definition) is 1. The Morgan fingerprint density at radius 3 is 2.89 bits per heavy atom. The molecule has 96 valence electrons. The van der Waals surface area contributed by atoms with E-state index in [4.69, 9.17) is 11.0 Å². The summed E-state index contributed by atoms with van der Waals surface area (Å²) in [5.74, 6) is -0.356. The minimum absolute atomic E-state index is 0.356. The van der Waals surface area contributed by atoms with Crippen LogP contribution in [0.3, 0.4) is 0 Å². The van der Waals surface area contributed by atoms with Crippen molar-refractivity contribution >= 4 is 11.4 Å². The molecule has 19 heavy (non-hydrogen) atoms. The van der Waals surface area contributed by atoms with Crippen molar-refractivity contribution in [2.45, 2.75) is 6.54 Å². The van der Waals surface area contributed by atoms with Gasteiger partial charge in [-0.1, -0.05) is 0 Å². The number of pyridine rings is 1. The SMILES string of the molecule is CN(Cc1cc(F)ccc1C#N)c1ccncc1N. The highest BCUT2D eigenvalue weighted by Crippen LogP contribution is 2.22. The van der Waals surface area contributed by atoms with Crippen molar-refractivity contribution in [1.82, 2.24) is 4.98 Å². The van der Waals surface area contributed by atoms with Crippen molar-refractivity contribution in [3.05, 3.63) is 53.6 Å². The summed E-state index contributed by atoms with van der Waals surface area (Å²) in [4.78, 5) is 5.77. The summed E-state index contributed by atoms with van der Waals surface area (Å²) in [5, 5.41) is 9.02. The van der Waals surface area contributed by atoms with E-state index >= 15 is 0 Å². The zero-order valence-corrected chi connectivity index (χ0v) is 10.5. The molecule has 1 heterocycles. The number of aromatic nitrogens is 1. The van der Waals surface area contributed by atoms with Gasteiger partial charge in [-0.3, -0.25) is 4.98 Å². The van der Waals surface area contributed by atoms with Gasteiger partial charge in [0.1, 0.15) is 5.82 Å². The van der Waals surface area contributed by atoms with E-state index in [1.54, 1.807) is 18.5 Å². The van der Waals surface area contributed by atoms with E-state index in [1.165, 1.54) is 18.2 Å². The number of nitriles is 1. The van der Waals surface area contributed by atoms with Gasteiger partial charge in [0.05, 0.1) is 29.2 Å². The van der Waals surface area contributed by atoms with Gasteiger partial charge in [0.15, 0.2) is 0 Å². The predicted molar refractivity (Wildman–Crippen MR) is 71.9 cm³/mol. The van der Waals surface area contributed by atoms with E-state index in [1.807, 2.05) is 11.9 Å². The van der Waals surface area contributed by atoms with Gasteiger partial charge in [-0.05, 0) is 29.8 Å². The second kappa shape index (κ2) is 5.36. The third-order valence-corrected chi connectivity index (χ3v) is 2.83. The van der Waals surface area contributed by atoms with Crippen LogP contribution in [0.25, 0.3) is 0 Å². The van der Waals surface area contributed by atoms with E-state index in [2.05, 4.69) is 11.1 Å². The molecule has 0 saturated heterocycles. The fourth-order valence-corrected chi connectivity index (χ4v) is 1.89. The van der Waals surface area contributed by atoms with Crippen LogP contribution in [0.15, 0.2) is 36.7 Å². The van der Waals surface area contributed by atoms with E-state index in [-0.39, 0.29) is 5.82 Å². The predicted octanol–water partition coefficient (Wildman–Crippen LogP) is 2.31. The van der Waals surface area contributed by atoms with Crippen molar-refractivity contribution in [2.24, 2.45) is 0 Å². The first-order valence-electron chi connectivity index (χ1n) is 5.71. The molecular weight excluding hydrogens is 243 g/mol. The lowest BCUT2D eigenvalue weighted by Gasteiger charge is -2.21. The van der Waals surface area contributed by atoms with Crippen LogP contribution < -0.4 is 10.6 Å². The first kappa shape index (κ1) is 12.8. The molecule has 0 atom stereocenters. The summed E-state index contributed by atoms with van der Waals surface area (Å²) >= 11 is 0. The third-order valence-electron chi connectivity index (χ3n) is 2.83. The molecule has 0 saturated carbocycles. The van der Waals surface area contributed by atoms with Crippen molar-refractivity contribution < 1.29 is 4.39 Å². The van der Waals surface area contributed by atoms with Gasteiger partial charge in [-0.2, -0.15) is 5.26 Å². The highest BCUT2D eigenvalue weighted by Gasteiger charge is 2.09. The maximum absolute atomic E-state index is 13.3. The standard InChI is InChI=1S/C14H13FN4/c1-19(14-4-5-18-8-13(14)17)9-11-6-12(15)3-2-10(11)7-16/h2-6,8H,9,17H2,1H3. The fraction of sp³-hybridized carbons (Fsp3) is 0.143. The Morgan fingerprint density at radius 2 is 2.21 bits per heavy atom. The summed E-state index contributed by atoms with van der Waals surface area (Å²) in [5.41, 5.74) is 8.25. The molecule has 5 heteroatoms. The highest BCUT2D eigenvalue weighted by atomic mass is 19.1. The van der Waals surface area contributed by atoms with Crippen molar-refractivity contribution in [3.8, 4) is 6.07 Å². The molecule has 2 rings (SSSR count). The van der Waals surface area contributed by atoms with Crippen LogP contribution in [0.2, 0.25) is 0 Å². The van der Waals surface area contributed by atoms with Gasteiger partial charge in [0.2, 0.25) is 0 Å². The summed E-state index contributed by atoms with van der Waals surface area (Å²) < 4.78 is 13.3. The van der Waals surface area contributed by atoms with E-state index < -0.39 is 0 Å². The number of rotatable bonds is 3. The number of nitrogen functional groups attached to an aromatic ring is 1. The van der Waals surface area contributed by atoms with Crippen LogP contribution in [0, 0.1) is 17.1 Å². The average molecular weight is 256 g/mol. The summed E-state index contributed by atoms with van der Waals surface area (Å²) in [6, 6.07) is 7.96. The Bertz CT molecular complexity index is 634. The van der Waals surface area contributed by atoms with Gasteiger partial charge in [-0.25, -0.2) is 4.39 Å². The zero-order valence-electron chi connectivity index (χ0n) is 10.5. The molecular formula is C14H13FN4. The second-order valence-corrected chi connectivity index (χ2v) is 4.20. The number of anilines is 2. The second-order valence-electron chi connectivity index (χ2n) is 4.20. The summed E-state index contributed by atoms with van der Waals surface area (Å²) in [6.07, 6.45) is 3.20. The Balaban J connectivity index is 2.29.